The van der Waals surface area contributed by atoms with Gasteiger partial charge in [-0.1, -0.05) is 35.7 Å². The fourth-order valence-corrected chi connectivity index (χ4v) is 3.26. The molecule has 1 aliphatic rings. The van der Waals surface area contributed by atoms with E-state index in [1.165, 1.54) is 17.1 Å². The van der Waals surface area contributed by atoms with Crippen molar-refractivity contribution in [3.8, 4) is 0 Å². The van der Waals surface area contributed by atoms with Crippen LogP contribution in [-0.4, -0.2) is 22.0 Å². The first-order valence-corrected chi connectivity index (χ1v) is 7.60. The Bertz CT molecular complexity index is 624. The Labute approximate surface area is 122 Å². The molecule has 5 heteroatoms. The Kier molecular flexibility index (Phi) is 3.89. The molecule has 20 heavy (non-hydrogen) atoms. The molecule has 0 aliphatic carbocycles. The molecular weight excluding hydrogens is 272 g/mol. The number of carbonyl (C=O) groups is 1. The molecule has 2 heterocycles. The van der Waals surface area contributed by atoms with Crippen molar-refractivity contribution in [2.75, 3.05) is 6.61 Å². The molecule has 4 nitrogen and oxygen atoms in total. The maximum Gasteiger partial charge on any atom is 0.179 e. The van der Waals surface area contributed by atoms with Gasteiger partial charge >= 0.3 is 0 Å². The predicted octanol–water partition coefficient (Wildman–Crippen LogP) is 2.99. The van der Waals surface area contributed by atoms with E-state index in [-0.39, 0.29) is 11.9 Å². The second kappa shape index (κ2) is 5.81. The molecule has 1 aromatic heterocycles. The number of hydrogen-bond donors (Lipinski definition) is 0. The van der Waals surface area contributed by atoms with Gasteiger partial charge in [0.1, 0.15) is 4.88 Å². The number of fused-ring (bicyclic) bond motifs is 1. The summed E-state index contributed by atoms with van der Waals surface area (Å²) in [5.74, 6) is 0.0820. The van der Waals surface area contributed by atoms with Crippen LogP contribution in [0.25, 0.3) is 0 Å². The highest BCUT2D eigenvalue weighted by Gasteiger charge is 2.25. The van der Waals surface area contributed by atoms with Crippen molar-refractivity contribution in [2.45, 2.75) is 32.3 Å². The number of hydrogen-bond acceptors (Lipinski definition) is 5. The van der Waals surface area contributed by atoms with Gasteiger partial charge in [0.15, 0.2) is 5.78 Å². The average molecular weight is 288 g/mol. The lowest BCUT2D eigenvalue weighted by Crippen LogP contribution is -2.19. The fraction of sp³-hybridized carbons (Fsp3) is 0.400. The summed E-state index contributed by atoms with van der Waals surface area (Å²) in [4.78, 5) is 13.1. The molecule has 3 rings (SSSR count). The summed E-state index contributed by atoms with van der Waals surface area (Å²) in [5.41, 5.74) is 3.22. The molecule has 0 saturated heterocycles. The summed E-state index contributed by atoms with van der Waals surface area (Å²) >= 11 is 1.19. The van der Waals surface area contributed by atoms with E-state index in [0.717, 1.165) is 24.1 Å². The van der Waals surface area contributed by atoms with Gasteiger partial charge in [0.05, 0.1) is 18.4 Å². The third kappa shape index (κ3) is 2.51. The molecule has 0 saturated carbocycles. The van der Waals surface area contributed by atoms with Crippen molar-refractivity contribution in [2.24, 2.45) is 0 Å². The molecular formula is C15H16N2O2S. The van der Waals surface area contributed by atoms with E-state index in [0.29, 0.717) is 17.9 Å². The number of benzene rings is 1. The number of nitrogens with zero attached hydrogens (tertiary/aromatic N) is 2. The van der Waals surface area contributed by atoms with Gasteiger partial charge in [-0.15, -0.1) is 5.10 Å². The zero-order valence-corrected chi connectivity index (χ0v) is 12.2. The minimum atomic E-state index is -0.140. The molecule has 0 amide bonds. The highest BCUT2D eigenvalue weighted by Crippen LogP contribution is 2.31. The lowest BCUT2D eigenvalue weighted by Gasteiger charge is -2.25. The second-order valence-corrected chi connectivity index (χ2v) is 5.59. The molecule has 104 valence electrons. The van der Waals surface area contributed by atoms with Gasteiger partial charge in [0, 0.05) is 6.42 Å². The number of ketones is 1. The molecule has 0 fully saturated rings. The van der Waals surface area contributed by atoms with Crippen molar-refractivity contribution in [1.29, 1.82) is 0 Å². The van der Waals surface area contributed by atoms with Crippen LogP contribution in [0.4, 0.5) is 0 Å². The van der Waals surface area contributed by atoms with E-state index in [1.807, 2.05) is 19.1 Å². The van der Waals surface area contributed by atoms with E-state index in [9.17, 15) is 4.79 Å². The van der Waals surface area contributed by atoms with Crippen molar-refractivity contribution in [3.05, 3.63) is 46.0 Å². The van der Waals surface area contributed by atoms with Crippen molar-refractivity contribution < 1.29 is 9.53 Å². The number of Topliss-reactive ketones (excluding diaryl/α,β-unsaturated/α-hetero) is 1. The number of aryl methyl sites for hydroxylation is 1. The Hall–Kier alpha value is -1.59. The van der Waals surface area contributed by atoms with E-state index in [1.54, 1.807) is 0 Å². The van der Waals surface area contributed by atoms with E-state index >= 15 is 0 Å². The second-order valence-electron chi connectivity index (χ2n) is 4.84. The molecule has 1 aliphatic heterocycles. The number of aromatic nitrogens is 2. The first-order valence-electron chi connectivity index (χ1n) is 6.83. The van der Waals surface area contributed by atoms with Crippen LogP contribution < -0.4 is 0 Å². The first kappa shape index (κ1) is 13.4. The van der Waals surface area contributed by atoms with Crippen LogP contribution in [0.5, 0.6) is 0 Å². The summed E-state index contributed by atoms with van der Waals surface area (Å²) in [7, 11) is 0. The summed E-state index contributed by atoms with van der Waals surface area (Å²) in [6.45, 7) is 2.66. The topological polar surface area (TPSA) is 52.1 Å². The third-order valence-electron chi connectivity index (χ3n) is 3.61. The van der Waals surface area contributed by atoms with E-state index in [4.69, 9.17) is 4.74 Å². The van der Waals surface area contributed by atoms with Gasteiger partial charge in [0.2, 0.25) is 0 Å². The Balaban J connectivity index is 1.81. The largest absolute Gasteiger partial charge is 0.373 e. The van der Waals surface area contributed by atoms with Gasteiger partial charge in [-0.25, -0.2) is 0 Å². The fourth-order valence-electron chi connectivity index (χ4n) is 2.56. The van der Waals surface area contributed by atoms with Gasteiger partial charge in [-0.05, 0) is 35.5 Å². The van der Waals surface area contributed by atoms with E-state index in [2.05, 4.69) is 21.7 Å². The van der Waals surface area contributed by atoms with Gasteiger partial charge in [0.25, 0.3) is 0 Å². The first-order chi connectivity index (χ1) is 9.79. The van der Waals surface area contributed by atoms with E-state index < -0.39 is 0 Å². The Morgan fingerprint density at radius 1 is 1.45 bits per heavy atom. The van der Waals surface area contributed by atoms with Crippen LogP contribution in [0.2, 0.25) is 0 Å². The van der Waals surface area contributed by atoms with Crippen LogP contribution in [0.15, 0.2) is 24.3 Å². The monoisotopic (exact) mass is 288 g/mol. The molecule has 1 atom stereocenters. The minimum Gasteiger partial charge on any atom is -0.373 e. The van der Waals surface area contributed by atoms with Crippen molar-refractivity contribution in [3.63, 3.8) is 0 Å². The smallest absolute Gasteiger partial charge is 0.179 e. The predicted molar refractivity (Wildman–Crippen MR) is 77.1 cm³/mol. The number of carbonyl (C=O) groups excluding carboxylic acids is 1. The molecule has 1 unspecified atom stereocenters. The maximum absolute atomic E-state index is 12.4. The molecule has 0 radical (unpaired) electrons. The lowest BCUT2D eigenvalue weighted by molar-refractivity contribution is 0.0353. The summed E-state index contributed by atoms with van der Waals surface area (Å²) < 4.78 is 9.67. The highest BCUT2D eigenvalue weighted by atomic mass is 32.1. The van der Waals surface area contributed by atoms with Crippen LogP contribution in [0, 0.1) is 0 Å². The van der Waals surface area contributed by atoms with Crippen LogP contribution in [0.1, 0.15) is 45.9 Å². The summed E-state index contributed by atoms with van der Waals surface area (Å²) in [5, 5.41) is 4.00. The van der Waals surface area contributed by atoms with Crippen LogP contribution in [-0.2, 0) is 17.6 Å². The third-order valence-corrected chi connectivity index (χ3v) is 4.42. The minimum absolute atomic E-state index is 0.0820. The molecule has 0 spiro atoms. The average Bonchev–Trinajstić information content (AvgIpc) is 2.96. The van der Waals surface area contributed by atoms with Gasteiger partial charge in [-0.2, -0.15) is 0 Å². The van der Waals surface area contributed by atoms with Crippen LogP contribution >= 0.6 is 11.5 Å². The molecule has 1 aromatic carbocycles. The normalized spacial score (nSPS) is 17.8. The Morgan fingerprint density at radius 2 is 2.30 bits per heavy atom. The van der Waals surface area contributed by atoms with Gasteiger partial charge in [-0.3, -0.25) is 4.79 Å². The zero-order chi connectivity index (χ0) is 13.9. The number of ether oxygens (including phenoxy) is 1. The molecule has 0 bridgehead atoms. The zero-order valence-electron chi connectivity index (χ0n) is 11.3. The highest BCUT2D eigenvalue weighted by molar-refractivity contribution is 7.08. The lowest BCUT2D eigenvalue weighted by atomic mass is 9.94. The van der Waals surface area contributed by atoms with Crippen molar-refractivity contribution in [1.82, 2.24) is 9.59 Å². The maximum atomic E-state index is 12.4. The summed E-state index contributed by atoms with van der Waals surface area (Å²) in [6.07, 6.45) is 1.88. The molecule has 0 N–H and O–H groups in total. The van der Waals surface area contributed by atoms with Gasteiger partial charge < -0.3 is 4.74 Å². The standard InChI is InChI=1S/C15H16N2O2S/c1-2-12-15(20-17-16-12)13(18)9-14-11-6-4-3-5-10(11)7-8-19-14/h3-6,14H,2,7-9H2,1H3. The van der Waals surface area contributed by atoms with Crippen LogP contribution in [0.3, 0.4) is 0 Å². The van der Waals surface area contributed by atoms with Crippen molar-refractivity contribution >= 4 is 17.3 Å². The Morgan fingerprint density at radius 3 is 3.15 bits per heavy atom. The number of rotatable bonds is 4. The summed E-state index contributed by atoms with van der Waals surface area (Å²) in [6, 6.07) is 8.20. The SMILES string of the molecule is CCc1nnsc1C(=O)CC1OCCc2ccccc21. The molecule has 2 aromatic rings. The quantitative estimate of drug-likeness (QED) is 0.812.